The van der Waals surface area contributed by atoms with Crippen molar-refractivity contribution in [1.82, 2.24) is 15.0 Å². The second-order valence-corrected chi connectivity index (χ2v) is 10.1. The van der Waals surface area contributed by atoms with E-state index in [9.17, 15) is 9.18 Å². The molecule has 1 saturated carbocycles. The molecule has 2 aromatic heterocycles. The molecule has 1 aliphatic rings. The maximum Gasteiger partial charge on any atom is 0.236 e. The van der Waals surface area contributed by atoms with Gasteiger partial charge in [-0.05, 0) is 82.3 Å². The summed E-state index contributed by atoms with van der Waals surface area (Å²) in [6, 6.07) is 8.18. The number of nitrogens with zero attached hydrogens (tertiary/aromatic N) is 3. The molecule has 9 heteroatoms. The van der Waals surface area contributed by atoms with Crippen LogP contribution in [-0.2, 0) is 10.2 Å². The number of rotatable bonds is 9. The van der Waals surface area contributed by atoms with Gasteiger partial charge in [-0.3, -0.25) is 14.5 Å². The van der Waals surface area contributed by atoms with Crippen LogP contribution in [0.1, 0.15) is 46.2 Å². The van der Waals surface area contributed by atoms with Gasteiger partial charge in [0, 0.05) is 23.2 Å². The van der Waals surface area contributed by atoms with E-state index in [1.807, 2.05) is 19.9 Å². The molecule has 7 nitrogen and oxygen atoms in total. The van der Waals surface area contributed by atoms with Gasteiger partial charge in [-0.25, -0.2) is 14.4 Å². The maximum atomic E-state index is 14.9. The summed E-state index contributed by atoms with van der Waals surface area (Å²) in [5, 5.41) is 3.30. The summed E-state index contributed by atoms with van der Waals surface area (Å²) in [7, 11) is 0. The first-order chi connectivity index (χ1) is 16.2. The highest BCUT2D eigenvalue weighted by molar-refractivity contribution is 8.01. The van der Waals surface area contributed by atoms with E-state index in [0.29, 0.717) is 28.2 Å². The van der Waals surface area contributed by atoms with E-state index >= 15 is 0 Å². The van der Waals surface area contributed by atoms with Crippen molar-refractivity contribution in [3.8, 4) is 16.9 Å². The first-order valence-corrected chi connectivity index (χ1v) is 12.1. The highest BCUT2D eigenvalue weighted by Crippen LogP contribution is 2.34. The molecule has 178 valence electrons. The van der Waals surface area contributed by atoms with E-state index in [2.05, 4.69) is 25.0 Å². The number of nitrogens with one attached hydrogen (secondary N) is 2. The van der Waals surface area contributed by atoms with Gasteiger partial charge in [0.25, 0.3) is 0 Å². The second kappa shape index (κ2) is 9.97. The molecule has 0 aliphatic heterocycles. The monoisotopic (exact) mass is 481 g/mol. The zero-order valence-corrected chi connectivity index (χ0v) is 20.4. The van der Waals surface area contributed by atoms with Crippen LogP contribution in [-0.4, -0.2) is 32.2 Å². The Kier molecular flexibility index (Phi) is 7.02. The maximum absolute atomic E-state index is 14.9. The largest absolute Gasteiger partial charge is 0.489 e. The van der Waals surface area contributed by atoms with Crippen LogP contribution < -0.4 is 14.8 Å². The summed E-state index contributed by atoms with van der Waals surface area (Å²) >= 11 is 1.59. The topological polar surface area (TPSA) is 89.0 Å². The molecule has 34 heavy (non-hydrogen) atoms. The van der Waals surface area contributed by atoms with Crippen molar-refractivity contribution in [3.63, 3.8) is 0 Å². The van der Waals surface area contributed by atoms with Gasteiger partial charge < -0.3 is 10.1 Å². The summed E-state index contributed by atoms with van der Waals surface area (Å²) in [5.74, 6) is 0.166. The molecule has 1 aliphatic carbocycles. The van der Waals surface area contributed by atoms with Crippen molar-refractivity contribution >= 4 is 29.5 Å². The minimum Gasteiger partial charge on any atom is -0.489 e. The Balaban J connectivity index is 1.48. The first kappa shape index (κ1) is 23.9. The number of halogens is 1. The predicted octanol–water partition coefficient (Wildman–Crippen LogP) is 5.60. The van der Waals surface area contributed by atoms with Gasteiger partial charge in [-0.2, -0.15) is 0 Å². The lowest BCUT2D eigenvalue weighted by Gasteiger charge is -2.23. The van der Waals surface area contributed by atoms with E-state index in [1.54, 1.807) is 62.6 Å². The fourth-order valence-electron chi connectivity index (χ4n) is 3.18. The van der Waals surface area contributed by atoms with Gasteiger partial charge in [-0.15, -0.1) is 0 Å². The fourth-order valence-corrected chi connectivity index (χ4v) is 3.92. The molecule has 0 bridgehead atoms. The summed E-state index contributed by atoms with van der Waals surface area (Å²) in [4.78, 5) is 26.0. The lowest BCUT2D eigenvalue weighted by Crippen LogP contribution is -2.36. The van der Waals surface area contributed by atoms with Crippen molar-refractivity contribution in [2.45, 2.75) is 57.3 Å². The van der Waals surface area contributed by atoms with Crippen LogP contribution in [0, 0.1) is 5.82 Å². The lowest BCUT2D eigenvalue weighted by atomic mass is 9.88. The molecule has 0 atom stereocenters. The summed E-state index contributed by atoms with van der Waals surface area (Å²) in [6.07, 6.45) is 7.26. The Morgan fingerprint density at radius 2 is 1.97 bits per heavy atom. The van der Waals surface area contributed by atoms with Crippen molar-refractivity contribution in [2.24, 2.45) is 0 Å². The smallest absolute Gasteiger partial charge is 0.236 e. The molecule has 0 saturated heterocycles. The van der Waals surface area contributed by atoms with E-state index in [4.69, 9.17) is 4.74 Å². The summed E-state index contributed by atoms with van der Waals surface area (Å²) in [6.45, 7) is 7.36. The number of amides is 1. The first-order valence-electron chi connectivity index (χ1n) is 11.2. The quantitative estimate of drug-likeness (QED) is 0.384. The number of ether oxygens (including phenoxy) is 1. The Hall–Kier alpha value is -3.20. The minimum absolute atomic E-state index is 0.00780. The van der Waals surface area contributed by atoms with Crippen LogP contribution in [0.3, 0.4) is 0 Å². The standard InChI is InChI=1S/C25H28FN5O2S/c1-15(2)33-18-11-17(13-27-14-18)16-5-8-21(20(26)12-16)29-23(32)25(3,4)22-9-10-28-24(30-22)31-34-19-6-7-19/h5,8-15,19H,6-7H2,1-4H3,(H,29,32)(H,28,30,31). The molecule has 0 radical (unpaired) electrons. The number of carbonyl (C=O) groups excluding carboxylic acids is 1. The third-order valence-corrected chi connectivity index (χ3v) is 6.45. The number of benzene rings is 1. The number of hydrogen-bond acceptors (Lipinski definition) is 7. The molecular weight excluding hydrogens is 453 g/mol. The van der Waals surface area contributed by atoms with Crippen LogP contribution in [0.15, 0.2) is 48.9 Å². The molecule has 4 rings (SSSR count). The van der Waals surface area contributed by atoms with Gasteiger partial charge in [0.1, 0.15) is 11.6 Å². The molecule has 0 unspecified atom stereocenters. The van der Waals surface area contributed by atoms with E-state index < -0.39 is 11.2 Å². The summed E-state index contributed by atoms with van der Waals surface area (Å²) < 4.78 is 23.8. The molecular formula is C25H28FN5O2S. The van der Waals surface area contributed by atoms with Gasteiger partial charge >= 0.3 is 0 Å². The molecule has 2 N–H and O–H groups in total. The average Bonchev–Trinajstić information content (AvgIpc) is 3.63. The van der Waals surface area contributed by atoms with Gasteiger partial charge in [-0.1, -0.05) is 6.07 Å². The van der Waals surface area contributed by atoms with E-state index in [0.717, 1.165) is 5.56 Å². The van der Waals surface area contributed by atoms with E-state index in [-0.39, 0.29) is 17.7 Å². The molecule has 1 aromatic carbocycles. The van der Waals surface area contributed by atoms with Crippen LogP contribution in [0.4, 0.5) is 16.0 Å². The summed E-state index contributed by atoms with van der Waals surface area (Å²) in [5.41, 5.74) is 1.00. The van der Waals surface area contributed by atoms with Crippen molar-refractivity contribution in [2.75, 3.05) is 10.0 Å². The molecule has 1 amide bonds. The Morgan fingerprint density at radius 1 is 1.18 bits per heavy atom. The second-order valence-electron chi connectivity index (χ2n) is 9.03. The number of aromatic nitrogens is 3. The van der Waals surface area contributed by atoms with Crippen LogP contribution in [0.2, 0.25) is 0 Å². The number of anilines is 2. The fraction of sp³-hybridized carbons (Fsp3) is 0.360. The SMILES string of the molecule is CC(C)Oc1cncc(-c2ccc(NC(=O)C(C)(C)c3ccnc(NSC4CC4)n3)c(F)c2)c1. The normalized spacial score (nSPS) is 13.6. The molecule has 2 heterocycles. The highest BCUT2D eigenvalue weighted by atomic mass is 32.2. The van der Waals surface area contributed by atoms with E-state index in [1.165, 1.54) is 18.9 Å². The van der Waals surface area contributed by atoms with Gasteiger partial charge in [0.15, 0.2) is 0 Å². The third kappa shape index (κ3) is 5.83. The Bertz CT molecular complexity index is 1180. The van der Waals surface area contributed by atoms with Crippen molar-refractivity contribution in [3.05, 3.63) is 60.4 Å². The van der Waals surface area contributed by atoms with Gasteiger partial charge in [0.2, 0.25) is 11.9 Å². The predicted molar refractivity (Wildman–Crippen MR) is 133 cm³/mol. The van der Waals surface area contributed by atoms with Crippen LogP contribution in [0.25, 0.3) is 11.1 Å². The average molecular weight is 482 g/mol. The number of hydrogen-bond donors (Lipinski definition) is 2. The number of carbonyl (C=O) groups is 1. The third-order valence-electron chi connectivity index (χ3n) is 5.34. The van der Waals surface area contributed by atoms with Crippen molar-refractivity contribution in [1.29, 1.82) is 0 Å². The van der Waals surface area contributed by atoms with Gasteiger partial charge in [0.05, 0.1) is 29.1 Å². The molecule has 1 fully saturated rings. The Morgan fingerprint density at radius 3 is 2.68 bits per heavy atom. The number of pyridine rings is 1. The molecule has 0 spiro atoms. The van der Waals surface area contributed by atoms with Crippen LogP contribution >= 0.6 is 11.9 Å². The molecule has 3 aromatic rings. The zero-order valence-electron chi connectivity index (χ0n) is 19.6. The minimum atomic E-state index is -0.999. The van der Waals surface area contributed by atoms with Crippen LogP contribution in [0.5, 0.6) is 5.75 Å². The highest BCUT2D eigenvalue weighted by Gasteiger charge is 2.32. The van der Waals surface area contributed by atoms with Crippen molar-refractivity contribution < 1.29 is 13.9 Å². The zero-order chi connectivity index (χ0) is 24.3. The Labute approximate surface area is 203 Å². The lowest BCUT2D eigenvalue weighted by molar-refractivity contribution is -0.120.